The fourth-order valence-corrected chi connectivity index (χ4v) is 3.04. The first-order valence-corrected chi connectivity index (χ1v) is 8.41. The quantitative estimate of drug-likeness (QED) is 0.669. The highest BCUT2D eigenvalue weighted by molar-refractivity contribution is 6.01. The van der Waals surface area contributed by atoms with Crippen molar-refractivity contribution in [1.29, 1.82) is 0 Å². The Labute approximate surface area is 147 Å². The standard InChI is InChI=1S/C21H22N2O2/c1-23(2)19(15-8-4-3-5-9-15)14-22-21(25)18-12-16-10-6-7-11-17(16)13-20(18)24/h3-13,19,24H,14H2,1-2H3,(H,22,25)/p+1/t19-/m0/s1. The SMILES string of the molecule is C[NH+](C)[C@@H](CNC(=O)c1cc2ccccc2cc1O)c1ccccc1. The molecule has 0 bridgehead atoms. The summed E-state index contributed by atoms with van der Waals surface area (Å²) in [6, 6.07) is 21.3. The van der Waals surface area contributed by atoms with Crippen LogP contribution >= 0.6 is 0 Å². The van der Waals surface area contributed by atoms with Gasteiger partial charge in [0, 0.05) is 5.56 Å². The predicted molar refractivity (Wildman–Crippen MR) is 99.9 cm³/mol. The van der Waals surface area contributed by atoms with Crippen molar-refractivity contribution in [3.63, 3.8) is 0 Å². The largest absolute Gasteiger partial charge is 0.507 e. The predicted octanol–water partition coefficient (Wildman–Crippen LogP) is 2.16. The van der Waals surface area contributed by atoms with Gasteiger partial charge in [-0.1, -0.05) is 54.6 Å². The second-order valence-corrected chi connectivity index (χ2v) is 6.47. The Morgan fingerprint density at radius 3 is 2.24 bits per heavy atom. The Hall–Kier alpha value is -2.85. The zero-order chi connectivity index (χ0) is 17.8. The number of rotatable bonds is 5. The van der Waals surface area contributed by atoms with E-state index >= 15 is 0 Å². The number of benzene rings is 3. The number of quaternary nitrogens is 1. The molecule has 0 radical (unpaired) electrons. The molecule has 0 unspecified atom stereocenters. The van der Waals surface area contributed by atoms with Crippen molar-refractivity contribution < 1.29 is 14.8 Å². The van der Waals surface area contributed by atoms with Crippen LogP contribution in [0.25, 0.3) is 10.8 Å². The van der Waals surface area contributed by atoms with Gasteiger partial charge in [-0.3, -0.25) is 4.79 Å². The summed E-state index contributed by atoms with van der Waals surface area (Å²) in [5.74, 6) is -0.255. The maximum Gasteiger partial charge on any atom is 0.255 e. The van der Waals surface area contributed by atoms with Crippen LogP contribution in [-0.2, 0) is 0 Å². The van der Waals surface area contributed by atoms with Gasteiger partial charge in [0.1, 0.15) is 11.8 Å². The van der Waals surface area contributed by atoms with Crippen LogP contribution < -0.4 is 10.2 Å². The summed E-state index contributed by atoms with van der Waals surface area (Å²) in [5.41, 5.74) is 1.48. The molecule has 0 fully saturated rings. The molecule has 3 aromatic rings. The summed E-state index contributed by atoms with van der Waals surface area (Å²) in [7, 11) is 4.13. The van der Waals surface area contributed by atoms with Crippen LogP contribution in [0.3, 0.4) is 0 Å². The number of carbonyl (C=O) groups is 1. The summed E-state index contributed by atoms with van der Waals surface area (Å²) < 4.78 is 0. The monoisotopic (exact) mass is 335 g/mol. The lowest BCUT2D eigenvalue weighted by atomic mass is 10.0. The highest BCUT2D eigenvalue weighted by atomic mass is 16.3. The Kier molecular flexibility index (Phi) is 5.00. The maximum absolute atomic E-state index is 12.6. The number of amides is 1. The van der Waals surface area contributed by atoms with Crippen LogP contribution in [0.2, 0.25) is 0 Å². The van der Waals surface area contributed by atoms with Crippen molar-refractivity contribution in [2.45, 2.75) is 6.04 Å². The number of likely N-dealkylation sites (N-methyl/N-ethyl adjacent to an activating group) is 1. The molecule has 0 aliphatic carbocycles. The van der Waals surface area contributed by atoms with Crippen LogP contribution in [0, 0.1) is 0 Å². The topological polar surface area (TPSA) is 53.8 Å². The molecule has 1 amide bonds. The second-order valence-electron chi connectivity index (χ2n) is 6.47. The molecule has 0 spiro atoms. The fraction of sp³-hybridized carbons (Fsp3) is 0.190. The van der Waals surface area contributed by atoms with Gasteiger partial charge < -0.3 is 15.3 Å². The number of aromatic hydroxyl groups is 1. The van der Waals surface area contributed by atoms with Crippen LogP contribution in [0.4, 0.5) is 0 Å². The number of nitrogens with one attached hydrogen (secondary N) is 2. The van der Waals surface area contributed by atoms with Gasteiger partial charge in [-0.2, -0.15) is 0 Å². The van der Waals surface area contributed by atoms with E-state index in [9.17, 15) is 9.90 Å². The first kappa shape index (κ1) is 17.0. The average Bonchev–Trinajstić information content (AvgIpc) is 2.61. The molecule has 0 heterocycles. The molecule has 3 rings (SSSR count). The number of hydrogen-bond acceptors (Lipinski definition) is 2. The van der Waals surface area contributed by atoms with Gasteiger partial charge in [0.15, 0.2) is 0 Å². The van der Waals surface area contributed by atoms with Crippen molar-refractivity contribution in [3.8, 4) is 5.75 Å². The van der Waals surface area contributed by atoms with Crippen LogP contribution in [0.15, 0.2) is 66.7 Å². The normalized spacial score (nSPS) is 12.3. The minimum Gasteiger partial charge on any atom is -0.507 e. The molecule has 1 atom stereocenters. The fourth-order valence-electron chi connectivity index (χ4n) is 3.04. The summed E-state index contributed by atoms with van der Waals surface area (Å²) >= 11 is 0. The van der Waals surface area contributed by atoms with Gasteiger partial charge in [-0.15, -0.1) is 0 Å². The third kappa shape index (κ3) is 3.80. The summed E-state index contributed by atoms with van der Waals surface area (Å²) in [5, 5.41) is 15.0. The van der Waals surface area contributed by atoms with E-state index in [1.54, 1.807) is 12.1 Å². The Balaban J connectivity index is 1.79. The molecule has 0 aliphatic rings. The van der Waals surface area contributed by atoms with Gasteiger partial charge in [0.05, 0.1) is 26.2 Å². The number of hydrogen-bond donors (Lipinski definition) is 3. The number of carbonyl (C=O) groups excluding carboxylic acids is 1. The van der Waals surface area contributed by atoms with Crippen molar-refractivity contribution >= 4 is 16.7 Å². The zero-order valence-corrected chi connectivity index (χ0v) is 14.5. The van der Waals surface area contributed by atoms with Gasteiger partial charge in [0.25, 0.3) is 5.91 Å². The van der Waals surface area contributed by atoms with Gasteiger partial charge >= 0.3 is 0 Å². The van der Waals surface area contributed by atoms with E-state index in [4.69, 9.17) is 0 Å². The third-order valence-corrected chi connectivity index (χ3v) is 4.47. The van der Waals surface area contributed by atoms with E-state index in [2.05, 4.69) is 31.5 Å². The molecule has 3 aromatic carbocycles. The lowest BCUT2D eigenvalue weighted by Crippen LogP contribution is -3.07. The number of phenolic OH excluding ortho intramolecular Hbond substituents is 1. The third-order valence-electron chi connectivity index (χ3n) is 4.47. The van der Waals surface area contributed by atoms with E-state index in [-0.39, 0.29) is 17.7 Å². The van der Waals surface area contributed by atoms with E-state index in [0.29, 0.717) is 12.1 Å². The highest BCUT2D eigenvalue weighted by Gasteiger charge is 2.20. The first-order chi connectivity index (χ1) is 12.1. The van der Waals surface area contributed by atoms with Crippen molar-refractivity contribution in [3.05, 3.63) is 77.9 Å². The van der Waals surface area contributed by atoms with Crippen molar-refractivity contribution in [2.75, 3.05) is 20.6 Å². The Morgan fingerprint density at radius 1 is 1.00 bits per heavy atom. The van der Waals surface area contributed by atoms with E-state index in [0.717, 1.165) is 10.8 Å². The molecular formula is C21H23N2O2+. The lowest BCUT2D eigenvalue weighted by molar-refractivity contribution is -0.890. The summed E-state index contributed by atoms with van der Waals surface area (Å²) in [4.78, 5) is 13.8. The van der Waals surface area contributed by atoms with Crippen LogP contribution in [-0.4, -0.2) is 31.7 Å². The molecule has 0 saturated heterocycles. The van der Waals surface area contributed by atoms with Crippen LogP contribution in [0.1, 0.15) is 22.0 Å². The van der Waals surface area contributed by atoms with Crippen molar-refractivity contribution in [1.82, 2.24) is 5.32 Å². The minimum atomic E-state index is -0.259. The number of phenols is 1. The molecule has 128 valence electrons. The molecule has 25 heavy (non-hydrogen) atoms. The highest BCUT2D eigenvalue weighted by Crippen LogP contribution is 2.25. The molecular weight excluding hydrogens is 312 g/mol. The molecule has 0 aliphatic heterocycles. The lowest BCUT2D eigenvalue weighted by Gasteiger charge is -2.22. The van der Waals surface area contributed by atoms with Crippen molar-refractivity contribution in [2.24, 2.45) is 0 Å². The summed E-state index contributed by atoms with van der Waals surface area (Å²) in [6.45, 7) is 0.497. The smallest absolute Gasteiger partial charge is 0.255 e. The minimum absolute atomic E-state index is 0.00432. The number of fused-ring (bicyclic) bond motifs is 1. The molecule has 4 heteroatoms. The zero-order valence-electron chi connectivity index (χ0n) is 14.5. The van der Waals surface area contributed by atoms with Gasteiger partial charge in [0.2, 0.25) is 0 Å². The molecule has 0 aromatic heterocycles. The molecule has 0 saturated carbocycles. The van der Waals surface area contributed by atoms with E-state index < -0.39 is 0 Å². The second kappa shape index (κ2) is 7.36. The molecule has 4 nitrogen and oxygen atoms in total. The Bertz CT molecular complexity index is 875. The van der Waals surface area contributed by atoms with Crippen LogP contribution in [0.5, 0.6) is 5.75 Å². The van der Waals surface area contributed by atoms with Gasteiger partial charge in [-0.25, -0.2) is 0 Å². The van der Waals surface area contributed by atoms with E-state index in [1.807, 2.05) is 42.5 Å². The summed E-state index contributed by atoms with van der Waals surface area (Å²) in [6.07, 6.45) is 0. The van der Waals surface area contributed by atoms with E-state index in [1.165, 1.54) is 10.5 Å². The van der Waals surface area contributed by atoms with Gasteiger partial charge in [-0.05, 0) is 22.9 Å². The molecule has 3 N–H and O–H groups in total. The first-order valence-electron chi connectivity index (χ1n) is 8.41. The maximum atomic E-state index is 12.6. The Morgan fingerprint density at radius 2 is 1.60 bits per heavy atom. The average molecular weight is 335 g/mol.